The van der Waals surface area contributed by atoms with Gasteiger partial charge in [-0.25, -0.2) is 0 Å². The lowest BCUT2D eigenvalue weighted by Crippen LogP contribution is -2.23. The quantitative estimate of drug-likeness (QED) is 0.825. The molecule has 0 amide bonds. The standard InChI is InChI=1S/C16H19BrO/c1-2-15(12-6-4-3-5-7-12)16(18)13-8-10-14(17)11-9-13/h1,8-12,15-16,18H,3-7H2/t15-,16-/m0/s1. The van der Waals surface area contributed by atoms with E-state index in [1.807, 2.05) is 24.3 Å². The molecule has 0 aliphatic heterocycles. The van der Waals surface area contributed by atoms with Gasteiger partial charge in [0.1, 0.15) is 0 Å². The van der Waals surface area contributed by atoms with Gasteiger partial charge in [-0.15, -0.1) is 6.42 Å². The molecule has 96 valence electrons. The van der Waals surface area contributed by atoms with Crippen LogP contribution in [0.5, 0.6) is 0 Å². The Hall–Kier alpha value is -0.780. The molecule has 0 bridgehead atoms. The molecule has 0 aromatic heterocycles. The molecule has 1 saturated carbocycles. The fourth-order valence-corrected chi connectivity index (χ4v) is 3.11. The van der Waals surface area contributed by atoms with Gasteiger partial charge < -0.3 is 5.11 Å². The Bertz CT molecular complexity index is 412. The highest BCUT2D eigenvalue weighted by Crippen LogP contribution is 2.36. The summed E-state index contributed by atoms with van der Waals surface area (Å²) in [7, 11) is 0. The van der Waals surface area contributed by atoms with Crippen molar-refractivity contribution in [3.63, 3.8) is 0 Å². The number of hydrogen-bond acceptors (Lipinski definition) is 1. The lowest BCUT2D eigenvalue weighted by molar-refractivity contribution is 0.0901. The molecule has 0 spiro atoms. The van der Waals surface area contributed by atoms with Crippen molar-refractivity contribution in [2.24, 2.45) is 11.8 Å². The van der Waals surface area contributed by atoms with Crippen LogP contribution in [-0.2, 0) is 0 Å². The molecule has 1 fully saturated rings. The molecule has 1 aliphatic carbocycles. The second kappa shape index (κ2) is 6.41. The molecular weight excluding hydrogens is 288 g/mol. The molecule has 18 heavy (non-hydrogen) atoms. The van der Waals surface area contributed by atoms with Crippen molar-refractivity contribution in [1.29, 1.82) is 0 Å². The molecule has 0 heterocycles. The molecule has 1 nitrogen and oxygen atoms in total. The molecule has 1 aromatic carbocycles. The smallest absolute Gasteiger partial charge is 0.0930 e. The van der Waals surface area contributed by atoms with Gasteiger partial charge in [0.25, 0.3) is 0 Å². The SMILES string of the molecule is C#C[C@@H](C1CCCCC1)[C@@H](O)c1ccc(Br)cc1. The van der Waals surface area contributed by atoms with E-state index >= 15 is 0 Å². The van der Waals surface area contributed by atoms with Gasteiger partial charge in [0, 0.05) is 4.47 Å². The van der Waals surface area contributed by atoms with Crippen molar-refractivity contribution in [3.8, 4) is 12.3 Å². The number of aliphatic hydroxyl groups excluding tert-OH is 1. The third kappa shape index (κ3) is 3.16. The molecule has 1 N–H and O–H groups in total. The summed E-state index contributed by atoms with van der Waals surface area (Å²) in [6, 6.07) is 7.80. The predicted octanol–water partition coefficient (Wildman–Crippen LogP) is 4.31. The Labute approximate surface area is 118 Å². The summed E-state index contributed by atoms with van der Waals surface area (Å²) in [6.07, 6.45) is 11.2. The maximum absolute atomic E-state index is 10.5. The third-order valence-corrected chi connectivity index (χ3v) is 4.43. The van der Waals surface area contributed by atoms with Crippen molar-refractivity contribution >= 4 is 15.9 Å². The van der Waals surface area contributed by atoms with Crippen molar-refractivity contribution < 1.29 is 5.11 Å². The predicted molar refractivity (Wildman–Crippen MR) is 78.0 cm³/mol. The number of halogens is 1. The van der Waals surface area contributed by atoms with Crippen molar-refractivity contribution in [2.45, 2.75) is 38.2 Å². The highest BCUT2D eigenvalue weighted by Gasteiger charge is 2.28. The van der Waals surface area contributed by atoms with Gasteiger partial charge in [-0.1, -0.05) is 53.2 Å². The molecule has 0 saturated heterocycles. The first-order valence-electron chi connectivity index (χ1n) is 6.62. The average molecular weight is 307 g/mol. The van der Waals surface area contributed by atoms with Gasteiger partial charge in [0.15, 0.2) is 0 Å². The molecule has 2 atom stereocenters. The van der Waals surface area contributed by atoms with Gasteiger partial charge in [0.2, 0.25) is 0 Å². The third-order valence-electron chi connectivity index (χ3n) is 3.90. The zero-order valence-corrected chi connectivity index (χ0v) is 12.1. The molecule has 0 radical (unpaired) electrons. The minimum absolute atomic E-state index is 0.0496. The molecule has 2 heteroatoms. The van der Waals surface area contributed by atoms with Crippen LogP contribution in [0.25, 0.3) is 0 Å². The first-order valence-corrected chi connectivity index (χ1v) is 7.41. The van der Waals surface area contributed by atoms with E-state index in [-0.39, 0.29) is 5.92 Å². The van der Waals surface area contributed by atoms with Crippen LogP contribution in [0.2, 0.25) is 0 Å². The Kier molecular flexibility index (Phi) is 4.86. The second-order valence-electron chi connectivity index (χ2n) is 5.09. The highest BCUT2D eigenvalue weighted by atomic mass is 79.9. The van der Waals surface area contributed by atoms with E-state index in [0.717, 1.165) is 22.9 Å². The zero-order chi connectivity index (χ0) is 13.0. The minimum Gasteiger partial charge on any atom is -0.387 e. The summed E-state index contributed by atoms with van der Waals surface area (Å²) < 4.78 is 1.02. The second-order valence-corrected chi connectivity index (χ2v) is 6.00. The fraction of sp³-hybridized carbons (Fsp3) is 0.500. The van der Waals surface area contributed by atoms with Crippen LogP contribution in [0.15, 0.2) is 28.7 Å². The largest absolute Gasteiger partial charge is 0.387 e. The van der Waals surface area contributed by atoms with Crippen LogP contribution in [0.1, 0.15) is 43.8 Å². The van der Waals surface area contributed by atoms with Gasteiger partial charge >= 0.3 is 0 Å². The van der Waals surface area contributed by atoms with Gasteiger partial charge in [0.05, 0.1) is 12.0 Å². The summed E-state index contributed by atoms with van der Waals surface area (Å²) in [6.45, 7) is 0. The van der Waals surface area contributed by atoms with E-state index in [1.54, 1.807) is 0 Å². The normalized spacial score (nSPS) is 20.1. The summed E-state index contributed by atoms with van der Waals surface area (Å²) >= 11 is 3.40. The first kappa shape index (κ1) is 13.6. The number of terminal acetylenes is 1. The number of aliphatic hydroxyl groups is 1. The van der Waals surface area contributed by atoms with E-state index in [2.05, 4.69) is 21.9 Å². The van der Waals surface area contributed by atoms with Crippen LogP contribution in [-0.4, -0.2) is 5.11 Å². The van der Waals surface area contributed by atoms with Gasteiger partial charge in [-0.3, -0.25) is 0 Å². The van der Waals surface area contributed by atoms with Crippen molar-refractivity contribution in [2.75, 3.05) is 0 Å². The molecule has 0 unspecified atom stereocenters. The highest BCUT2D eigenvalue weighted by molar-refractivity contribution is 9.10. The van der Waals surface area contributed by atoms with E-state index in [9.17, 15) is 5.11 Å². The summed E-state index contributed by atoms with van der Waals surface area (Å²) in [4.78, 5) is 0. The maximum Gasteiger partial charge on any atom is 0.0930 e. The van der Waals surface area contributed by atoms with E-state index in [0.29, 0.717) is 5.92 Å². The lowest BCUT2D eigenvalue weighted by atomic mass is 9.76. The fourth-order valence-electron chi connectivity index (χ4n) is 2.85. The van der Waals surface area contributed by atoms with E-state index < -0.39 is 6.10 Å². The van der Waals surface area contributed by atoms with Gasteiger partial charge in [-0.05, 0) is 36.5 Å². The lowest BCUT2D eigenvalue weighted by Gasteiger charge is -2.30. The van der Waals surface area contributed by atoms with E-state index in [4.69, 9.17) is 6.42 Å². The maximum atomic E-state index is 10.5. The van der Waals surface area contributed by atoms with Crippen LogP contribution in [0.4, 0.5) is 0 Å². The first-order chi connectivity index (χ1) is 8.72. The summed E-state index contributed by atoms with van der Waals surface area (Å²) in [5, 5.41) is 10.5. The van der Waals surface area contributed by atoms with Crippen LogP contribution in [0.3, 0.4) is 0 Å². The monoisotopic (exact) mass is 306 g/mol. The van der Waals surface area contributed by atoms with Crippen LogP contribution >= 0.6 is 15.9 Å². The van der Waals surface area contributed by atoms with Crippen molar-refractivity contribution in [1.82, 2.24) is 0 Å². The van der Waals surface area contributed by atoms with Crippen LogP contribution in [0, 0.1) is 24.2 Å². The Morgan fingerprint density at radius 1 is 1.17 bits per heavy atom. The Balaban J connectivity index is 2.11. The number of benzene rings is 1. The summed E-state index contributed by atoms with van der Waals surface area (Å²) in [5.41, 5.74) is 0.923. The number of hydrogen-bond donors (Lipinski definition) is 1. The van der Waals surface area contributed by atoms with E-state index in [1.165, 1.54) is 19.3 Å². The number of rotatable bonds is 3. The Morgan fingerprint density at radius 3 is 2.33 bits per heavy atom. The zero-order valence-electron chi connectivity index (χ0n) is 10.5. The van der Waals surface area contributed by atoms with Crippen molar-refractivity contribution in [3.05, 3.63) is 34.3 Å². The van der Waals surface area contributed by atoms with Crippen LogP contribution < -0.4 is 0 Å². The summed E-state index contributed by atoms with van der Waals surface area (Å²) in [5.74, 6) is 3.25. The molecule has 1 aliphatic rings. The topological polar surface area (TPSA) is 20.2 Å². The minimum atomic E-state index is -0.536. The molecule has 1 aromatic rings. The Morgan fingerprint density at radius 2 is 1.78 bits per heavy atom. The molecular formula is C16H19BrO. The molecule has 2 rings (SSSR count). The average Bonchev–Trinajstić information content (AvgIpc) is 2.41. The van der Waals surface area contributed by atoms with Gasteiger partial charge in [-0.2, -0.15) is 0 Å².